The van der Waals surface area contributed by atoms with E-state index in [1.165, 1.54) is 18.0 Å². The van der Waals surface area contributed by atoms with Crippen LogP contribution in [0.5, 0.6) is 5.88 Å². The van der Waals surface area contributed by atoms with Gasteiger partial charge in [-0.05, 0) is 24.4 Å². The molecule has 21 heavy (non-hydrogen) atoms. The number of aromatic nitrogens is 4. The Kier molecular flexibility index (Phi) is 3.46. The van der Waals surface area contributed by atoms with Crippen LogP contribution in [0, 0.1) is 16.4 Å². The van der Waals surface area contributed by atoms with Crippen LogP contribution in [0.1, 0.15) is 0 Å². The van der Waals surface area contributed by atoms with Crippen LogP contribution in [-0.2, 0) is 0 Å². The third-order valence-electron chi connectivity index (χ3n) is 2.84. The minimum Gasteiger partial charge on any atom is -0.479 e. The summed E-state index contributed by atoms with van der Waals surface area (Å²) in [5.74, 6) is -1.30. The summed E-state index contributed by atoms with van der Waals surface area (Å²) in [4.78, 5) is 10.7. The van der Waals surface area contributed by atoms with Crippen LogP contribution < -0.4 is 4.74 Å². The van der Waals surface area contributed by atoms with E-state index >= 15 is 0 Å². The fourth-order valence-electron chi connectivity index (χ4n) is 2.01. The zero-order valence-corrected chi connectivity index (χ0v) is 12.9. The van der Waals surface area contributed by atoms with Crippen molar-refractivity contribution in [1.82, 2.24) is 19.5 Å². The Hall–Kier alpha value is -1.87. The van der Waals surface area contributed by atoms with Crippen molar-refractivity contribution in [1.29, 1.82) is 0 Å². The van der Waals surface area contributed by atoms with Crippen molar-refractivity contribution in [2.45, 2.75) is 0 Å². The van der Waals surface area contributed by atoms with Crippen LogP contribution in [0.3, 0.4) is 0 Å². The molecule has 0 amide bonds. The molecule has 0 unspecified atom stereocenters. The third kappa shape index (κ3) is 2.22. The molecular formula is C12H7BrF2N4OS. The number of methoxy groups -OCH3 is 1. The summed E-state index contributed by atoms with van der Waals surface area (Å²) < 4.78 is 34.9. The maximum atomic E-state index is 14.1. The fourth-order valence-corrected chi connectivity index (χ4v) is 2.69. The van der Waals surface area contributed by atoms with E-state index in [-0.39, 0.29) is 22.0 Å². The molecule has 1 aromatic carbocycles. The van der Waals surface area contributed by atoms with E-state index in [2.05, 4.69) is 30.9 Å². The molecule has 0 radical (unpaired) electrons. The van der Waals surface area contributed by atoms with E-state index in [1.54, 1.807) is 0 Å². The van der Waals surface area contributed by atoms with Gasteiger partial charge in [0, 0.05) is 4.47 Å². The Morgan fingerprint density at radius 1 is 1.29 bits per heavy atom. The molecule has 0 atom stereocenters. The lowest BCUT2D eigenvalue weighted by molar-refractivity contribution is 0.401. The van der Waals surface area contributed by atoms with Gasteiger partial charge in [-0.2, -0.15) is 4.98 Å². The van der Waals surface area contributed by atoms with Crippen molar-refractivity contribution in [2.24, 2.45) is 0 Å². The van der Waals surface area contributed by atoms with Crippen molar-refractivity contribution in [2.75, 3.05) is 7.11 Å². The van der Waals surface area contributed by atoms with Gasteiger partial charge < -0.3 is 9.72 Å². The highest BCUT2D eigenvalue weighted by atomic mass is 79.9. The van der Waals surface area contributed by atoms with E-state index in [0.717, 1.165) is 12.1 Å². The first-order chi connectivity index (χ1) is 10.0. The molecule has 3 aromatic rings. The van der Waals surface area contributed by atoms with E-state index in [9.17, 15) is 8.78 Å². The van der Waals surface area contributed by atoms with Gasteiger partial charge in [0.25, 0.3) is 0 Å². The molecule has 108 valence electrons. The zero-order valence-electron chi connectivity index (χ0n) is 10.5. The highest BCUT2D eigenvalue weighted by Gasteiger charge is 2.19. The number of hydrogen-bond donors (Lipinski definition) is 1. The zero-order chi connectivity index (χ0) is 15.1. The molecule has 0 aliphatic rings. The highest BCUT2D eigenvalue weighted by molar-refractivity contribution is 9.10. The molecule has 0 fully saturated rings. The van der Waals surface area contributed by atoms with E-state index in [4.69, 9.17) is 17.0 Å². The molecule has 0 saturated carbocycles. The predicted molar refractivity (Wildman–Crippen MR) is 78.2 cm³/mol. The summed E-state index contributed by atoms with van der Waals surface area (Å²) in [5, 5.41) is 0. The number of fused-ring (bicyclic) bond motifs is 1. The van der Waals surface area contributed by atoms with E-state index in [0.29, 0.717) is 9.99 Å². The molecule has 0 spiro atoms. The fraction of sp³-hybridized carbons (Fsp3) is 0.0833. The summed E-state index contributed by atoms with van der Waals surface area (Å²) in [6.07, 6.45) is 1.23. The summed E-state index contributed by atoms with van der Waals surface area (Å²) in [7, 11) is 1.43. The third-order valence-corrected chi connectivity index (χ3v) is 3.58. The number of nitrogens with zero attached hydrogens (tertiary/aromatic N) is 3. The smallest absolute Gasteiger partial charge is 0.242 e. The first-order valence-electron chi connectivity index (χ1n) is 5.67. The first-order valence-corrected chi connectivity index (χ1v) is 6.87. The summed E-state index contributed by atoms with van der Waals surface area (Å²) in [6, 6.07) is 2.30. The molecule has 2 aromatic heterocycles. The number of H-pyrrole nitrogens is 1. The van der Waals surface area contributed by atoms with Crippen LogP contribution in [0.25, 0.3) is 16.9 Å². The summed E-state index contributed by atoms with van der Waals surface area (Å²) in [6.45, 7) is 0. The highest BCUT2D eigenvalue weighted by Crippen LogP contribution is 2.28. The minimum absolute atomic E-state index is 0.0870. The molecule has 0 aliphatic heterocycles. The van der Waals surface area contributed by atoms with Crippen molar-refractivity contribution < 1.29 is 13.5 Å². The second-order valence-corrected chi connectivity index (χ2v) is 5.37. The molecular weight excluding hydrogens is 366 g/mol. The second-order valence-electron chi connectivity index (χ2n) is 4.07. The Bertz CT molecular complexity index is 885. The number of nitrogens with one attached hydrogen (secondary N) is 1. The monoisotopic (exact) mass is 372 g/mol. The lowest BCUT2D eigenvalue weighted by Gasteiger charge is -2.07. The van der Waals surface area contributed by atoms with Gasteiger partial charge in [0.15, 0.2) is 22.1 Å². The van der Waals surface area contributed by atoms with Crippen molar-refractivity contribution >= 4 is 39.3 Å². The summed E-state index contributed by atoms with van der Waals surface area (Å²) >= 11 is 8.17. The lowest BCUT2D eigenvalue weighted by Crippen LogP contribution is -2.03. The van der Waals surface area contributed by atoms with Crippen LogP contribution in [-0.4, -0.2) is 26.6 Å². The predicted octanol–water partition coefficient (Wildman–Crippen LogP) is 3.53. The molecule has 1 N–H and O–H groups in total. The maximum Gasteiger partial charge on any atom is 0.242 e. The largest absolute Gasteiger partial charge is 0.479 e. The van der Waals surface area contributed by atoms with Gasteiger partial charge in [-0.15, -0.1) is 0 Å². The number of aromatic amines is 1. The SMILES string of the molecule is COc1ncnc2c1[nH]c(=S)n2-c1c(F)cc(Br)cc1F. The van der Waals surface area contributed by atoms with Gasteiger partial charge in [-0.3, -0.25) is 4.57 Å². The molecule has 0 saturated heterocycles. The van der Waals surface area contributed by atoms with Crippen molar-refractivity contribution in [3.63, 3.8) is 0 Å². The standard InChI is InChI=1S/C12H7BrF2N4OS/c1-20-11-8-10(16-4-17-11)19(12(21)18-8)9-6(14)2-5(13)3-7(9)15/h2-4H,1H3,(H,18,21). The topological polar surface area (TPSA) is 55.7 Å². The Morgan fingerprint density at radius 2 is 1.95 bits per heavy atom. The van der Waals surface area contributed by atoms with E-state index < -0.39 is 11.6 Å². The summed E-state index contributed by atoms with van der Waals surface area (Å²) in [5.41, 5.74) is 0.286. The van der Waals surface area contributed by atoms with Gasteiger partial charge in [-0.1, -0.05) is 15.9 Å². The molecule has 3 rings (SSSR count). The van der Waals surface area contributed by atoms with Gasteiger partial charge in [0.2, 0.25) is 5.88 Å². The average molecular weight is 373 g/mol. The quantitative estimate of drug-likeness (QED) is 0.699. The van der Waals surface area contributed by atoms with Gasteiger partial charge >= 0.3 is 0 Å². The normalized spacial score (nSPS) is 11.0. The number of benzene rings is 1. The average Bonchev–Trinajstić information content (AvgIpc) is 2.74. The van der Waals surface area contributed by atoms with Crippen LogP contribution in [0.15, 0.2) is 22.9 Å². The number of rotatable bonds is 2. The molecule has 5 nitrogen and oxygen atoms in total. The Balaban J connectivity index is 2.42. The van der Waals surface area contributed by atoms with Crippen LogP contribution in [0.2, 0.25) is 0 Å². The molecule has 9 heteroatoms. The van der Waals surface area contributed by atoms with Crippen molar-refractivity contribution in [3.8, 4) is 11.6 Å². The Morgan fingerprint density at radius 3 is 2.57 bits per heavy atom. The van der Waals surface area contributed by atoms with Gasteiger partial charge in [0.1, 0.15) is 17.5 Å². The number of halogens is 3. The van der Waals surface area contributed by atoms with Gasteiger partial charge in [0.05, 0.1) is 7.11 Å². The first kappa shape index (κ1) is 14.1. The molecule has 0 aliphatic carbocycles. The van der Waals surface area contributed by atoms with Crippen LogP contribution in [0.4, 0.5) is 8.78 Å². The lowest BCUT2D eigenvalue weighted by atomic mass is 10.3. The molecule has 2 heterocycles. The number of ether oxygens (including phenoxy) is 1. The maximum absolute atomic E-state index is 14.1. The van der Waals surface area contributed by atoms with Gasteiger partial charge in [-0.25, -0.2) is 13.8 Å². The second kappa shape index (κ2) is 5.15. The van der Waals surface area contributed by atoms with Crippen molar-refractivity contribution in [3.05, 3.63) is 39.3 Å². The van der Waals surface area contributed by atoms with E-state index in [1.807, 2.05) is 0 Å². The minimum atomic E-state index is -0.767. The number of hydrogen-bond acceptors (Lipinski definition) is 4. The molecule has 0 bridgehead atoms. The number of imidazole rings is 1. The Labute approximate surface area is 130 Å². The van der Waals surface area contributed by atoms with Crippen LogP contribution >= 0.6 is 28.1 Å².